The van der Waals surface area contributed by atoms with Crippen molar-refractivity contribution in [1.82, 2.24) is 20.2 Å². The lowest BCUT2D eigenvalue weighted by Gasteiger charge is -2.32. The van der Waals surface area contributed by atoms with Crippen LogP contribution in [0.25, 0.3) is 16.6 Å². The largest absolute Gasteiger partial charge is 0.404 e. The SMILES string of the molecule is NC=C(C=NC1CC(CCCNc2ccc3c(c2)C(=O)N(C2CCC(=O)NC2=O)C3=O)C1)c1cnc2ccc(NC3COC3)cc2n1. The average Bonchev–Trinajstić information content (AvgIpc) is 3.27. The van der Waals surface area contributed by atoms with E-state index in [1.54, 1.807) is 30.6 Å². The molecule has 47 heavy (non-hydrogen) atoms. The number of anilines is 2. The van der Waals surface area contributed by atoms with Gasteiger partial charge in [0.25, 0.3) is 11.8 Å². The number of carbonyl (C=O) groups excluding carboxylic acids is 4. The van der Waals surface area contributed by atoms with E-state index in [1.807, 2.05) is 18.2 Å². The molecular formula is C34H36N8O5. The van der Waals surface area contributed by atoms with E-state index >= 15 is 0 Å². The standard InChI is InChI=1S/C34H36N8O5/c35-14-20(29-16-38-27-6-4-22(13-28(27)40-29)39-24-17-47-18-24)15-37-23-10-19(11-23)2-1-9-36-21-3-5-25-26(12-21)34(46)42(33(25)45)30-7-8-31(43)41-32(30)44/h3-6,12-16,19,23-24,30,36,39H,1-2,7-11,17-18,35H2,(H,41,43,44). The van der Waals surface area contributed by atoms with Crippen molar-refractivity contribution in [2.75, 3.05) is 30.4 Å². The van der Waals surface area contributed by atoms with Gasteiger partial charge in [-0.15, -0.1) is 0 Å². The highest BCUT2D eigenvalue weighted by Crippen LogP contribution is 2.34. The first kappa shape index (κ1) is 30.5. The third kappa shape index (κ3) is 6.30. The molecule has 242 valence electrons. The highest BCUT2D eigenvalue weighted by atomic mass is 16.5. The summed E-state index contributed by atoms with van der Waals surface area (Å²) < 4.78 is 5.24. The number of aliphatic imine (C=N–C) groups is 1. The van der Waals surface area contributed by atoms with Crippen LogP contribution >= 0.6 is 0 Å². The number of nitrogens with zero attached hydrogens (tertiary/aromatic N) is 4. The second-order valence-electron chi connectivity index (χ2n) is 12.5. The number of amides is 4. The summed E-state index contributed by atoms with van der Waals surface area (Å²) in [5.74, 6) is -1.44. The number of hydrogen-bond acceptors (Lipinski definition) is 11. The molecule has 0 bridgehead atoms. The van der Waals surface area contributed by atoms with Crippen LogP contribution in [0.2, 0.25) is 0 Å². The maximum absolute atomic E-state index is 13.1. The van der Waals surface area contributed by atoms with Crippen LogP contribution in [0.5, 0.6) is 0 Å². The van der Waals surface area contributed by atoms with E-state index in [4.69, 9.17) is 20.4 Å². The van der Waals surface area contributed by atoms with Crippen LogP contribution in [0.4, 0.5) is 11.4 Å². The van der Waals surface area contributed by atoms with Crippen molar-refractivity contribution in [2.24, 2.45) is 16.6 Å². The minimum Gasteiger partial charge on any atom is -0.404 e. The Morgan fingerprint density at radius 2 is 1.85 bits per heavy atom. The number of aromatic nitrogens is 2. The van der Waals surface area contributed by atoms with Gasteiger partial charge >= 0.3 is 0 Å². The van der Waals surface area contributed by atoms with E-state index in [9.17, 15) is 19.2 Å². The van der Waals surface area contributed by atoms with E-state index in [2.05, 4.69) is 20.9 Å². The maximum atomic E-state index is 13.1. The quantitative estimate of drug-likeness (QED) is 0.139. The summed E-state index contributed by atoms with van der Waals surface area (Å²) in [5.41, 5.74) is 11.2. The number of allylic oxidation sites excluding steroid dienone is 1. The first-order chi connectivity index (χ1) is 22.9. The highest BCUT2D eigenvalue weighted by molar-refractivity contribution is 6.23. The maximum Gasteiger partial charge on any atom is 0.262 e. The number of nitrogens with two attached hydrogens (primary N) is 1. The molecule has 2 saturated heterocycles. The summed E-state index contributed by atoms with van der Waals surface area (Å²) >= 11 is 0. The zero-order valence-electron chi connectivity index (χ0n) is 25.8. The molecule has 0 radical (unpaired) electrons. The van der Waals surface area contributed by atoms with Crippen molar-refractivity contribution >= 4 is 57.8 Å². The number of nitrogens with one attached hydrogen (secondary N) is 3. The molecule has 5 N–H and O–H groups in total. The van der Waals surface area contributed by atoms with Crippen molar-refractivity contribution in [3.8, 4) is 0 Å². The van der Waals surface area contributed by atoms with Gasteiger partial charge in [-0.2, -0.15) is 0 Å². The lowest BCUT2D eigenvalue weighted by atomic mass is 9.78. The number of hydrogen-bond donors (Lipinski definition) is 4. The Morgan fingerprint density at radius 1 is 1.04 bits per heavy atom. The molecular weight excluding hydrogens is 600 g/mol. The second-order valence-corrected chi connectivity index (χ2v) is 12.5. The molecule has 4 amide bonds. The van der Waals surface area contributed by atoms with Crippen LogP contribution in [-0.2, 0) is 14.3 Å². The number of rotatable bonds is 11. The van der Waals surface area contributed by atoms with E-state index in [0.29, 0.717) is 37.4 Å². The Labute approximate surface area is 271 Å². The first-order valence-electron chi connectivity index (χ1n) is 16.0. The van der Waals surface area contributed by atoms with Crippen LogP contribution in [0.3, 0.4) is 0 Å². The first-order valence-corrected chi connectivity index (χ1v) is 16.0. The summed E-state index contributed by atoms with van der Waals surface area (Å²) in [7, 11) is 0. The van der Waals surface area contributed by atoms with Gasteiger partial charge in [0, 0.05) is 42.3 Å². The molecule has 13 nitrogen and oxygen atoms in total. The van der Waals surface area contributed by atoms with Gasteiger partial charge in [-0.05, 0) is 74.4 Å². The summed E-state index contributed by atoms with van der Waals surface area (Å²) in [6.07, 6.45) is 9.26. The molecule has 4 heterocycles. The molecule has 1 aromatic heterocycles. The molecule has 3 aliphatic heterocycles. The van der Waals surface area contributed by atoms with Crippen LogP contribution in [-0.4, -0.2) is 82.6 Å². The zero-order chi connectivity index (χ0) is 32.5. The fourth-order valence-corrected chi connectivity index (χ4v) is 6.44. The number of piperidine rings is 1. The number of fused-ring (bicyclic) bond motifs is 2. The lowest BCUT2D eigenvalue weighted by molar-refractivity contribution is -0.136. The minimum absolute atomic E-state index is 0.0907. The highest BCUT2D eigenvalue weighted by Gasteiger charge is 2.44. The molecule has 3 fully saturated rings. The molecule has 3 aromatic rings. The predicted octanol–water partition coefficient (Wildman–Crippen LogP) is 2.88. The third-order valence-electron chi connectivity index (χ3n) is 9.22. The van der Waals surface area contributed by atoms with Crippen molar-refractivity contribution in [3.05, 3.63) is 65.6 Å². The lowest BCUT2D eigenvalue weighted by Crippen LogP contribution is -2.54. The van der Waals surface area contributed by atoms with Gasteiger partial charge < -0.3 is 21.1 Å². The molecule has 2 aromatic carbocycles. The summed E-state index contributed by atoms with van der Waals surface area (Å²) in [6, 6.07) is 10.6. The van der Waals surface area contributed by atoms with Gasteiger partial charge in [0.05, 0.1) is 59.3 Å². The average molecular weight is 637 g/mol. The molecule has 1 atom stereocenters. The molecule has 7 rings (SSSR count). The fourth-order valence-electron chi connectivity index (χ4n) is 6.44. The third-order valence-corrected chi connectivity index (χ3v) is 9.22. The van der Waals surface area contributed by atoms with E-state index in [0.717, 1.165) is 58.6 Å². The van der Waals surface area contributed by atoms with Crippen molar-refractivity contribution in [1.29, 1.82) is 0 Å². The van der Waals surface area contributed by atoms with Crippen molar-refractivity contribution in [3.63, 3.8) is 0 Å². The number of carbonyl (C=O) groups is 4. The molecule has 1 unspecified atom stereocenters. The smallest absolute Gasteiger partial charge is 0.262 e. The van der Waals surface area contributed by atoms with Gasteiger partial charge in [0.1, 0.15) is 6.04 Å². The Bertz CT molecular complexity index is 1810. The number of imide groups is 2. The van der Waals surface area contributed by atoms with E-state index in [1.165, 1.54) is 6.20 Å². The summed E-state index contributed by atoms with van der Waals surface area (Å²) in [6.45, 7) is 2.13. The Morgan fingerprint density at radius 3 is 2.62 bits per heavy atom. The van der Waals surface area contributed by atoms with Gasteiger partial charge in [-0.3, -0.25) is 39.4 Å². The molecule has 1 aliphatic carbocycles. The topological polar surface area (TPSA) is 181 Å². The molecule has 4 aliphatic rings. The molecule has 0 spiro atoms. The molecule has 1 saturated carbocycles. The van der Waals surface area contributed by atoms with Gasteiger partial charge in [0.15, 0.2) is 0 Å². The van der Waals surface area contributed by atoms with Gasteiger partial charge in [-0.1, -0.05) is 0 Å². The number of ether oxygens (including phenoxy) is 1. The number of benzene rings is 2. The van der Waals surface area contributed by atoms with Crippen LogP contribution < -0.4 is 21.7 Å². The normalized spacial score (nSPS) is 23.1. The zero-order valence-corrected chi connectivity index (χ0v) is 25.8. The van der Waals surface area contributed by atoms with E-state index in [-0.39, 0.29) is 30.0 Å². The minimum atomic E-state index is -0.971. The van der Waals surface area contributed by atoms with E-state index < -0.39 is 29.7 Å². The predicted molar refractivity (Wildman–Crippen MR) is 176 cm³/mol. The fraction of sp³-hybridized carbons (Fsp3) is 0.382. The summed E-state index contributed by atoms with van der Waals surface area (Å²) in [4.78, 5) is 64.8. The van der Waals surface area contributed by atoms with Crippen LogP contribution in [0.15, 0.2) is 53.8 Å². The van der Waals surface area contributed by atoms with Crippen molar-refractivity contribution in [2.45, 2.75) is 56.7 Å². The van der Waals surface area contributed by atoms with Crippen LogP contribution in [0, 0.1) is 5.92 Å². The Balaban J connectivity index is 0.865. The monoisotopic (exact) mass is 636 g/mol. The van der Waals surface area contributed by atoms with Crippen LogP contribution in [0.1, 0.15) is 64.9 Å². The second kappa shape index (κ2) is 12.9. The Kier molecular flexibility index (Phi) is 8.37. The van der Waals surface area contributed by atoms with Crippen molar-refractivity contribution < 1.29 is 23.9 Å². The van der Waals surface area contributed by atoms with Gasteiger partial charge in [0.2, 0.25) is 11.8 Å². The van der Waals surface area contributed by atoms with Gasteiger partial charge in [-0.25, -0.2) is 4.98 Å². The Hall–Kier alpha value is -5.17. The molecule has 13 heteroatoms. The summed E-state index contributed by atoms with van der Waals surface area (Å²) in [5, 5.41) is 9.01.